The molecule has 0 aliphatic carbocycles. The van der Waals surface area contributed by atoms with E-state index in [0.29, 0.717) is 22.7 Å². The molecule has 0 bridgehead atoms. The molecular formula is C14H16N2O5. The normalized spacial score (nSPS) is 24.0. The number of amides is 2. The van der Waals surface area contributed by atoms with Crippen LogP contribution in [0, 0.1) is 0 Å². The fourth-order valence-corrected chi connectivity index (χ4v) is 2.82. The van der Waals surface area contributed by atoms with Crippen molar-refractivity contribution in [3.8, 4) is 11.5 Å². The van der Waals surface area contributed by atoms with Gasteiger partial charge in [0.25, 0.3) is 5.91 Å². The van der Waals surface area contributed by atoms with E-state index in [1.807, 2.05) is 0 Å². The van der Waals surface area contributed by atoms with E-state index in [4.69, 9.17) is 9.47 Å². The van der Waals surface area contributed by atoms with Crippen LogP contribution in [-0.4, -0.2) is 54.7 Å². The first kappa shape index (κ1) is 13.7. The highest BCUT2D eigenvalue weighted by atomic mass is 16.5. The van der Waals surface area contributed by atoms with Crippen molar-refractivity contribution < 1.29 is 24.2 Å². The van der Waals surface area contributed by atoms with Crippen LogP contribution in [0.3, 0.4) is 0 Å². The second-order valence-corrected chi connectivity index (χ2v) is 5.10. The molecule has 112 valence electrons. The first-order valence-corrected chi connectivity index (χ1v) is 6.61. The monoisotopic (exact) mass is 292 g/mol. The van der Waals surface area contributed by atoms with Crippen molar-refractivity contribution in [1.29, 1.82) is 0 Å². The van der Waals surface area contributed by atoms with Crippen LogP contribution < -0.4 is 14.8 Å². The number of fused-ring (bicyclic) bond motifs is 2. The molecule has 2 aliphatic heterocycles. The Bertz CT molecular complexity index is 616. The molecule has 1 aromatic rings. The SMILES string of the molecule is COc1cc2c(cc1OC)C(=O)N1CC(O)CC1C(=O)N2. The van der Waals surface area contributed by atoms with Crippen LogP contribution in [0.15, 0.2) is 12.1 Å². The smallest absolute Gasteiger partial charge is 0.256 e. The average Bonchev–Trinajstić information content (AvgIpc) is 2.84. The third-order valence-electron chi connectivity index (χ3n) is 3.85. The molecule has 0 saturated carbocycles. The minimum atomic E-state index is -0.675. The Labute approximate surface area is 121 Å². The number of nitrogens with one attached hydrogen (secondary N) is 1. The molecule has 21 heavy (non-hydrogen) atoms. The molecule has 1 aromatic carbocycles. The van der Waals surface area contributed by atoms with Crippen molar-refractivity contribution in [3.63, 3.8) is 0 Å². The Kier molecular flexibility index (Phi) is 3.21. The summed E-state index contributed by atoms with van der Waals surface area (Å²) in [4.78, 5) is 26.2. The van der Waals surface area contributed by atoms with E-state index in [1.165, 1.54) is 19.1 Å². The van der Waals surface area contributed by atoms with Gasteiger partial charge in [-0.25, -0.2) is 0 Å². The van der Waals surface area contributed by atoms with Gasteiger partial charge in [-0.1, -0.05) is 0 Å². The van der Waals surface area contributed by atoms with Crippen LogP contribution in [-0.2, 0) is 4.79 Å². The summed E-state index contributed by atoms with van der Waals surface area (Å²) in [6, 6.07) is 2.48. The van der Waals surface area contributed by atoms with Gasteiger partial charge in [0.2, 0.25) is 5.91 Å². The molecule has 2 unspecified atom stereocenters. The zero-order valence-corrected chi connectivity index (χ0v) is 11.8. The average molecular weight is 292 g/mol. The number of methoxy groups -OCH3 is 2. The van der Waals surface area contributed by atoms with E-state index in [2.05, 4.69) is 5.32 Å². The first-order chi connectivity index (χ1) is 10.0. The number of carbonyl (C=O) groups excluding carboxylic acids is 2. The van der Waals surface area contributed by atoms with Crippen molar-refractivity contribution >= 4 is 17.5 Å². The van der Waals surface area contributed by atoms with Gasteiger partial charge in [0.05, 0.1) is 31.6 Å². The van der Waals surface area contributed by atoms with E-state index >= 15 is 0 Å². The molecule has 1 saturated heterocycles. The molecule has 2 heterocycles. The van der Waals surface area contributed by atoms with E-state index in [-0.39, 0.29) is 24.8 Å². The number of nitrogens with zero attached hydrogens (tertiary/aromatic N) is 1. The fourth-order valence-electron chi connectivity index (χ4n) is 2.82. The van der Waals surface area contributed by atoms with Crippen LogP contribution in [0.4, 0.5) is 5.69 Å². The molecule has 2 atom stereocenters. The number of aliphatic hydroxyl groups is 1. The topological polar surface area (TPSA) is 88.1 Å². The van der Waals surface area contributed by atoms with Gasteiger partial charge in [-0.05, 0) is 6.07 Å². The Balaban J connectivity index is 2.10. The zero-order valence-electron chi connectivity index (χ0n) is 11.8. The summed E-state index contributed by atoms with van der Waals surface area (Å²) in [6.45, 7) is 0.157. The molecule has 2 aliphatic rings. The summed E-state index contributed by atoms with van der Waals surface area (Å²) in [7, 11) is 2.96. The molecule has 1 fully saturated rings. The standard InChI is InChI=1S/C14H16N2O5/c1-20-11-4-8-9(5-12(11)21-2)15-13(18)10-3-7(17)6-16(10)14(8)19/h4-5,7,10,17H,3,6H2,1-2H3,(H,15,18). The number of benzene rings is 1. The third kappa shape index (κ3) is 2.09. The van der Waals surface area contributed by atoms with Crippen molar-refractivity contribution in [1.82, 2.24) is 4.90 Å². The summed E-state index contributed by atoms with van der Waals surface area (Å²) < 4.78 is 10.4. The maximum absolute atomic E-state index is 12.6. The predicted octanol–water partition coefficient (Wildman–Crippen LogP) is 0.231. The Hall–Kier alpha value is -2.28. The summed E-state index contributed by atoms with van der Waals surface area (Å²) >= 11 is 0. The molecular weight excluding hydrogens is 276 g/mol. The van der Waals surface area contributed by atoms with Gasteiger partial charge in [-0.15, -0.1) is 0 Å². The third-order valence-corrected chi connectivity index (χ3v) is 3.85. The molecule has 0 spiro atoms. The van der Waals surface area contributed by atoms with Gasteiger partial charge < -0.3 is 24.8 Å². The van der Waals surface area contributed by atoms with Crippen LogP contribution in [0.2, 0.25) is 0 Å². The summed E-state index contributed by atoms with van der Waals surface area (Å²) in [5.74, 6) is 0.250. The second kappa shape index (κ2) is 4.92. The largest absolute Gasteiger partial charge is 0.493 e. The highest BCUT2D eigenvalue weighted by molar-refractivity contribution is 6.10. The summed E-state index contributed by atoms with van der Waals surface area (Å²) in [5, 5.41) is 12.4. The first-order valence-electron chi connectivity index (χ1n) is 6.61. The minimum Gasteiger partial charge on any atom is -0.493 e. The van der Waals surface area contributed by atoms with Crippen LogP contribution in [0.25, 0.3) is 0 Å². The van der Waals surface area contributed by atoms with Crippen molar-refractivity contribution in [2.75, 3.05) is 26.1 Å². The number of carbonyl (C=O) groups is 2. The van der Waals surface area contributed by atoms with Gasteiger partial charge in [0.1, 0.15) is 6.04 Å². The molecule has 0 radical (unpaired) electrons. The van der Waals surface area contributed by atoms with E-state index in [9.17, 15) is 14.7 Å². The molecule has 0 aromatic heterocycles. The molecule has 2 N–H and O–H groups in total. The van der Waals surface area contributed by atoms with E-state index < -0.39 is 12.1 Å². The van der Waals surface area contributed by atoms with E-state index in [1.54, 1.807) is 12.1 Å². The van der Waals surface area contributed by atoms with Gasteiger partial charge in [0, 0.05) is 19.0 Å². The Morgan fingerprint density at radius 3 is 2.57 bits per heavy atom. The lowest BCUT2D eigenvalue weighted by molar-refractivity contribution is -0.119. The van der Waals surface area contributed by atoms with Gasteiger partial charge >= 0.3 is 0 Å². The number of hydrogen-bond donors (Lipinski definition) is 2. The molecule has 7 heteroatoms. The zero-order chi connectivity index (χ0) is 15.1. The Morgan fingerprint density at radius 2 is 1.90 bits per heavy atom. The highest BCUT2D eigenvalue weighted by Gasteiger charge is 2.42. The van der Waals surface area contributed by atoms with Gasteiger partial charge in [0.15, 0.2) is 11.5 Å². The van der Waals surface area contributed by atoms with Crippen LogP contribution >= 0.6 is 0 Å². The van der Waals surface area contributed by atoms with Gasteiger partial charge in [-0.2, -0.15) is 0 Å². The number of aliphatic hydroxyl groups excluding tert-OH is 1. The number of ether oxygens (including phenoxy) is 2. The quantitative estimate of drug-likeness (QED) is 0.814. The number of rotatable bonds is 2. The Morgan fingerprint density at radius 1 is 1.24 bits per heavy atom. The fraction of sp³-hybridized carbons (Fsp3) is 0.429. The molecule has 2 amide bonds. The van der Waals surface area contributed by atoms with Crippen LogP contribution in [0.5, 0.6) is 11.5 Å². The highest BCUT2D eigenvalue weighted by Crippen LogP contribution is 2.37. The van der Waals surface area contributed by atoms with Crippen molar-refractivity contribution in [2.24, 2.45) is 0 Å². The lowest BCUT2D eigenvalue weighted by Gasteiger charge is -2.19. The lowest BCUT2D eigenvalue weighted by Crippen LogP contribution is -2.40. The van der Waals surface area contributed by atoms with Crippen molar-refractivity contribution in [2.45, 2.75) is 18.6 Å². The lowest BCUT2D eigenvalue weighted by atomic mass is 10.1. The maximum Gasteiger partial charge on any atom is 0.256 e. The van der Waals surface area contributed by atoms with E-state index in [0.717, 1.165) is 0 Å². The second-order valence-electron chi connectivity index (χ2n) is 5.10. The minimum absolute atomic E-state index is 0.157. The number of anilines is 1. The predicted molar refractivity (Wildman–Crippen MR) is 73.6 cm³/mol. The van der Waals surface area contributed by atoms with Crippen molar-refractivity contribution in [3.05, 3.63) is 17.7 Å². The number of hydrogen-bond acceptors (Lipinski definition) is 5. The molecule has 3 rings (SSSR count). The van der Waals surface area contributed by atoms with Gasteiger partial charge in [-0.3, -0.25) is 9.59 Å². The summed E-state index contributed by atoms with van der Waals surface area (Å²) in [6.07, 6.45) is -0.425. The molecule has 7 nitrogen and oxygen atoms in total. The summed E-state index contributed by atoms with van der Waals surface area (Å²) in [5.41, 5.74) is 0.726. The van der Waals surface area contributed by atoms with Crippen LogP contribution in [0.1, 0.15) is 16.8 Å². The maximum atomic E-state index is 12.6.